The third-order valence-electron chi connectivity index (χ3n) is 6.02. The fourth-order valence-electron chi connectivity index (χ4n) is 4.12. The number of hydrazone groups is 1. The number of carbonyl (C=O) groups excluding carboxylic acids is 2. The number of amides is 1. The third-order valence-corrected chi connectivity index (χ3v) is 6.59. The van der Waals surface area contributed by atoms with Gasteiger partial charge in [-0.3, -0.25) is 19.1 Å². The Morgan fingerprint density at radius 2 is 1.89 bits per heavy atom. The molecule has 35 heavy (non-hydrogen) atoms. The van der Waals surface area contributed by atoms with Gasteiger partial charge in [0.1, 0.15) is 18.0 Å². The van der Waals surface area contributed by atoms with Gasteiger partial charge in [0.25, 0.3) is 5.91 Å². The summed E-state index contributed by atoms with van der Waals surface area (Å²) in [6, 6.07) is 16.0. The number of nitrogens with one attached hydrogen (secondary N) is 2. The highest BCUT2D eigenvalue weighted by Gasteiger charge is 2.30. The second-order valence-corrected chi connectivity index (χ2v) is 9.29. The monoisotopic (exact) mass is 492 g/mol. The third kappa shape index (κ3) is 6.09. The number of benzene rings is 2. The summed E-state index contributed by atoms with van der Waals surface area (Å²) in [5, 5.41) is 15.9. The lowest BCUT2D eigenvalue weighted by atomic mass is 9.87. The average Bonchev–Trinajstić information content (AvgIpc) is 3.40. The lowest BCUT2D eigenvalue weighted by Gasteiger charge is -2.35. The highest BCUT2D eigenvalue weighted by Crippen LogP contribution is 2.28. The van der Waals surface area contributed by atoms with Crippen molar-refractivity contribution in [3.8, 4) is 0 Å². The van der Waals surface area contributed by atoms with Gasteiger partial charge >= 0.3 is 0 Å². The first-order valence-electron chi connectivity index (χ1n) is 11.3. The van der Waals surface area contributed by atoms with Crippen LogP contribution in [0.4, 0.5) is 5.69 Å². The molecule has 0 fully saturated rings. The number of H-pyrrole nitrogens is 1. The number of hydrogen-bond acceptors (Lipinski definition) is 7. The van der Waals surface area contributed by atoms with Crippen LogP contribution in [0.1, 0.15) is 46.9 Å². The minimum atomic E-state index is -2.14. The fraction of sp³-hybridized carbons (Fsp3) is 0.280. The molecular weight excluding hydrogens is 466 g/mol. The average molecular weight is 493 g/mol. The first kappa shape index (κ1) is 24.5. The molecule has 10 heteroatoms. The molecule has 3 atom stereocenters. The fourth-order valence-corrected chi connectivity index (χ4v) is 4.58. The van der Waals surface area contributed by atoms with E-state index >= 15 is 0 Å². The van der Waals surface area contributed by atoms with Gasteiger partial charge in [-0.15, -0.1) is 0 Å². The van der Waals surface area contributed by atoms with Gasteiger partial charge < -0.3 is 14.7 Å². The summed E-state index contributed by atoms with van der Waals surface area (Å²) in [6.07, 6.45) is 3.95. The van der Waals surface area contributed by atoms with Gasteiger partial charge in [0.05, 0.1) is 12.3 Å². The molecule has 2 N–H and O–H groups in total. The van der Waals surface area contributed by atoms with Gasteiger partial charge in [-0.05, 0) is 47.7 Å². The number of anilines is 1. The number of rotatable bonds is 9. The van der Waals surface area contributed by atoms with Crippen molar-refractivity contribution in [1.82, 2.24) is 15.2 Å². The molecular formula is C25H26N5O4S-. The van der Waals surface area contributed by atoms with Crippen molar-refractivity contribution in [3.05, 3.63) is 83.2 Å². The molecule has 0 saturated heterocycles. The van der Waals surface area contributed by atoms with Gasteiger partial charge in [-0.1, -0.05) is 54.4 Å². The number of aldehydes is 1. The van der Waals surface area contributed by atoms with E-state index in [1.165, 1.54) is 6.20 Å². The molecule has 3 unspecified atom stereocenters. The van der Waals surface area contributed by atoms with E-state index in [-0.39, 0.29) is 23.6 Å². The van der Waals surface area contributed by atoms with Crippen LogP contribution in [0.2, 0.25) is 0 Å². The van der Waals surface area contributed by atoms with Gasteiger partial charge in [0.15, 0.2) is 0 Å². The standard InChI is InChI=1S/C25H27N5O4S/c1-2-19-13-22(15-31)30(29-24(19)20-7-3-18(4-8-20)16-35(33)34)14-17-5-9-21(10-6-17)27-25(32)23-11-12-26-28-23/h3-12,15,19,22H,2,13-14,16H2,1H3,(H,26,28)(H,27,32)(H,33,34)/p-1. The summed E-state index contributed by atoms with van der Waals surface area (Å²) >= 11 is -2.14. The largest absolute Gasteiger partial charge is 0.772 e. The number of nitrogens with zero attached hydrogens (tertiary/aromatic N) is 3. The number of carbonyl (C=O) groups is 2. The lowest BCUT2D eigenvalue weighted by molar-refractivity contribution is -0.113. The van der Waals surface area contributed by atoms with E-state index in [4.69, 9.17) is 5.10 Å². The van der Waals surface area contributed by atoms with Crippen LogP contribution in [0, 0.1) is 5.92 Å². The maximum atomic E-state index is 12.2. The molecule has 1 aromatic heterocycles. The summed E-state index contributed by atoms with van der Waals surface area (Å²) in [5.41, 5.74) is 4.50. The molecule has 0 aliphatic carbocycles. The Morgan fingerprint density at radius 3 is 2.49 bits per heavy atom. The molecule has 0 saturated carbocycles. The van der Waals surface area contributed by atoms with E-state index in [1.807, 2.05) is 36.4 Å². The van der Waals surface area contributed by atoms with Crippen LogP contribution in [0.3, 0.4) is 0 Å². The Kier molecular flexibility index (Phi) is 7.84. The molecule has 0 radical (unpaired) electrons. The Morgan fingerprint density at radius 1 is 1.17 bits per heavy atom. The molecule has 182 valence electrons. The van der Waals surface area contributed by atoms with E-state index < -0.39 is 11.1 Å². The molecule has 0 spiro atoms. The SMILES string of the molecule is CCC1CC(C=O)N(Cc2ccc(NC(=O)c3ccn[nH]3)cc2)N=C1c1ccc(CS(=O)[O-])cc1. The van der Waals surface area contributed by atoms with Crippen LogP contribution in [-0.4, -0.2) is 47.9 Å². The number of hydrogen-bond donors (Lipinski definition) is 2. The highest BCUT2D eigenvalue weighted by molar-refractivity contribution is 7.78. The zero-order valence-electron chi connectivity index (χ0n) is 19.2. The molecule has 4 rings (SSSR count). The Labute approximate surface area is 205 Å². The quantitative estimate of drug-likeness (QED) is 0.348. The summed E-state index contributed by atoms with van der Waals surface area (Å²) in [6.45, 7) is 2.51. The maximum Gasteiger partial charge on any atom is 0.273 e. The zero-order valence-corrected chi connectivity index (χ0v) is 20.0. The molecule has 9 nitrogen and oxygen atoms in total. The predicted molar refractivity (Wildman–Crippen MR) is 132 cm³/mol. The van der Waals surface area contributed by atoms with E-state index in [0.717, 1.165) is 29.5 Å². The Balaban J connectivity index is 1.51. The van der Waals surface area contributed by atoms with Crippen LogP contribution in [-0.2, 0) is 28.2 Å². The predicted octanol–water partition coefficient (Wildman–Crippen LogP) is 3.24. The van der Waals surface area contributed by atoms with E-state index in [2.05, 4.69) is 22.4 Å². The van der Waals surface area contributed by atoms with Crippen molar-refractivity contribution in [3.63, 3.8) is 0 Å². The summed E-state index contributed by atoms with van der Waals surface area (Å²) in [5.74, 6) is -0.178. The maximum absolute atomic E-state index is 12.2. The summed E-state index contributed by atoms with van der Waals surface area (Å²) in [4.78, 5) is 24.1. The van der Waals surface area contributed by atoms with Crippen LogP contribution in [0.25, 0.3) is 0 Å². The molecule has 2 heterocycles. The molecule has 1 aliphatic heterocycles. The van der Waals surface area contributed by atoms with Crippen LogP contribution in [0.5, 0.6) is 0 Å². The number of aromatic amines is 1. The van der Waals surface area contributed by atoms with Crippen molar-refractivity contribution in [2.75, 3.05) is 5.32 Å². The van der Waals surface area contributed by atoms with Gasteiger partial charge in [0, 0.05) is 23.6 Å². The first-order valence-corrected chi connectivity index (χ1v) is 12.6. The minimum absolute atomic E-state index is 0.0261. The van der Waals surface area contributed by atoms with Crippen LogP contribution in [0.15, 0.2) is 65.9 Å². The molecule has 3 aromatic rings. The van der Waals surface area contributed by atoms with Gasteiger partial charge in [-0.2, -0.15) is 10.2 Å². The van der Waals surface area contributed by atoms with Crippen LogP contribution >= 0.6 is 0 Å². The molecule has 1 amide bonds. The van der Waals surface area contributed by atoms with Crippen molar-refractivity contribution in [1.29, 1.82) is 0 Å². The molecule has 2 aromatic carbocycles. The van der Waals surface area contributed by atoms with Gasteiger partial charge in [-0.25, -0.2) is 0 Å². The molecule has 0 bridgehead atoms. The van der Waals surface area contributed by atoms with E-state index in [1.54, 1.807) is 23.2 Å². The zero-order chi connectivity index (χ0) is 24.8. The highest BCUT2D eigenvalue weighted by atomic mass is 32.2. The van der Waals surface area contributed by atoms with E-state index in [0.29, 0.717) is 29.9 Å². The summed E-state index contributed by atoms with van der Waals surface area (Å²) < 4.78 is 22.0. The van der Waals surface area contributed by atoms with Gasteiger partial charge in [0.2, 0.25) is 0 Å². The summed E-state index contributed by atoms with van der Waals surface area (Å²) in [7, 11) is 0. The number of aromatic nitrogens is 2. The Hall–Kier alpha value is -3.63. The van der Waals surface area contributed by atoms with Crippen LogP contribution < -0.4 is 5.32 Å². The second kappa shape index (κ2) is 11.2. The van der Waals surface area contributed by atoms with Crippen molar-refractivity contribution < 1.29 is 18.4 Å². The van der Waals surface area contributed by atoms with Crippen molar-refractivity contribution in [2.24, 2.45) is 11.0 Å². The first-order chi connectivity index (χ1) is 17.0. The van der Waals surface area contributed by atoms with Crippen molar-refractivity contribution >= 4 is 34.7 Å². The lowest BCUT2D eigenvalue weighted by Crippen LogP contribution is -2.41. The minimum Gasteiger partial charge on any atom is -0.772 e. The molecule has 1 aliphatic rings. The normalized spacial score (nSPS) is 18.6. The second-order valence-electron chi connectivity index (χ2n) is 8.39. The van der Waals surface area contributed by atoms with E-state index in [9.17, 15) is 18.4 Å². The Bertz CT molecular complexity index is 1210. The smallest absolute Gasteiger partial charge is 0.273 e. The topological polar surface area (TPSA) is 131 Å². The van der Waals surface area contributed by atoms with Crippen molar-refractivity contribution in [2.45, 2.75) is 38.1 Å².